The summed E-state index contributed by atoms with van der Waals surface area (Å²) in [7, 11) is 0. The summed E-state index contributed by atoms with van der Waals surface area (Å²) in [6, 6.07) is 73.7. The molecule has 12 heterocycles. The van der Waals surface area contributed by atoms with Crippen molar-refractivity contribution in [3.8, 4) is 67.5 Å². The molecule has 2 aliphatic rings. The topological polar surface area (TPSA) is 155 Å². The summed E-state index contributed by atoms with van der Waals surface area (Å²) in [6.45, 7) is -0.119. The molecule has 0 saturated heterocycles. The van der Waals surface area contributed by atoms with E-state index in [1.807, 2.05) is 141 Å². The number of pyridine rings is 9. The maximum Gasteiger partial charge on any atom is 0.216 e. The van der Waals surface area contributed by atoms with Crippen molar-refractivity contribution in [2.24, 2.45) is 5.41 Å². The van der Waals surface area contributed by atoms with Gasteiger partial charge in [0.25, 0.3) is 0 Å². The fraction of sp³-hybridized carbons (Fsp3) is 0.250. The molecule has 12 nitrogen and oxygen atoms in total. The zero-order valence-corrected chi connectivity index (χ0v) is 76.1. The summed E-state index contributed by atoms with van der Waals surface area (Å²) in [6.07, 6.45) is 15.5. The molecule has 2 saturated carbocycles. The van der Waals surface area contributed by atoms with Gasteiger partial charge in [-0.15, -0.1) is 162 Å². The van der Waals surface area contributed by atoms with E-state index in [1.165, 1.54) is 37.1 Å². The first-order valence-corrected chi connectivity index (χ1v) is 39.7. The molecule has 6 aromatic carbocycles. The van der Waals surface area contributed by atoms with Crippen molar-refractivity contribution in [3.63, 3.8) is 0 Å². The van der Waals surface area contributed by atoms with Crippen LogP contribution in [0.1, 0.15) is 199 Å². The van der Waals surface area contributed by atoms with E-state index in [2.05, 4.69) is 102 Å². The molecule has 123 heavy (non-hydrogen) atoms. The van der Waals surface area contributed by atoms with E-state index >= 15 is 0 Å². The second-order valence-electron chi connectivity index (χ2n) is 31.1. The summed E-state index contributed by atoms with van der Waals surface area (Å²) in [5.41, 5.74) is 18.3. The largest absolute Gasteiger partial charge is 0.486 e. The van der Waals surface area contributed by atoms with Gasteiger partial charge in [0, 0.05) is 162 Å². The van der Waals surface area contributed by atoms with Gasteiger partial charge < -0.3 is 43.2 Å². The molecule has 0 amide bonds. The second kappa shape index (κ2) is 41.0. The van der Waals surface area contributed by atoms with E-state index in [0.29, 0.717) is 133 Å². The first-order chi connectivity index (χ1) is 67.2. The van der Waals surface area contributed by atoms with Crippen molar-refractivity contribution in [1.29, 1.82) is 0 Å². The quantitative estimate of drug-likeness (QED) is 0.126. The molecule has 0 unspecified atom stereocenters. The molecule has 0 atom stereocenters. The molecule has 629 valence electrons. The minimum absolute atomic E-state index is 0. The Bertz CT molecular complexity index is 7450. The minimum Gasteiger partial charge on any atom is -0.486 e. The summed E-state index contributed by atoms with van der Waals surface area (Å²) < 4.78 is 197. The van der Waals surface area contributed by atoms with E-state index in [1.54, 1.807) is 75.5 Å². The molecule has 20 rings (SSSR count). The number of hydrogen-bond acceptors (Lipinski definition) is 12. The van der Waals surface area contributed by atoms with E-state index in [4.69, 9.17) is 44.8 Å². The van der Waals surface area contributed by atoms with Gasteiger partial charge in [0.05, 0.1) is 16.7 Å². The first kappa shape index (κ1) is 64.8. The molecule has 3 radical (unpaired) electrons. The minimum atomic E-state index is -2.37. The number of hydrogen-bond donors (Lipinski definition) is 0. The molecular weight excluding hydrogens is 2050 g/mol. The van der Waals surface area contributed by atoms with Crippen LogP contribution in [-0.4, -0.2) is 44.9 Å². The summed E-state index contributed by atoms with van der Waals surface area (Å²) >= 11 is 0. The third-order valence-corrected chi connectivity index (χ3v) is 20.9. The average molecular weight is 2170 g/mol. The molecule has 18 aromatic rings. The average Bonchev–Trinajstić information content (AvgIpc) is 1.58. The van der Waals surface area contributed by atoms with Gasteiger partial charge in [-0.3, -0.25) is 0 Å². The van der Waals surface area contributed by atoms with Crippen molar-refractivity contribution in [2.75, 3.05) is 0 Å². The van der Waals surface area contributed by atoms with E-state index in [-0.39, 0.29) is 88.3 Å². The Kier molecular flexibility index (Phi) is 21.6. The maximum atomic E-state index is 8.96. The Morgan fingerprint density at radius 3 is 0.992 bits per heavy atom. The Morgan fingerprint density at radius 1 is 0.333 bits per heavy atom. The zero-order chi connectivity index (χ0) is 103. The van der Waals surface area contributed by atoms with Crippen molar-refractivity contribution in [2.45, 2.75) is 173 Å². The van der Waals surface area contributed by atoms with Crippen LogP contribution in [0, 0.1) is 124 Å². The van der Waals surface area contributed by atoms with E-state index in [9.17, 15) is 0 Å². The van der Waals surface area contributed by atoms with Crippen LogP contribution in [0.25, 0.3) is 134 Å². The maximum absolute atomic E-state index is 8.96. The normalized spacial score (nSPS) is 16.5. The van der Waals surface area contributed by atoms with E-state index < -0.39 is 59.8 Å². The Balaban J connectivity index is 0.000000159. The molecule has 0 spiro atoms. The van der Waals surface area contributed by atoms with Crippen LogP contribution >= 0.6 is 0 Å². The summed E-state index contributed by atoms with van der Waals surface area (Å²) in [4.78, 5) is 39.1. The molecule has 15 heteroatoms. The van der Waals surface area contributed by atoms with Gasteiger partial charge >= 0.3 is 0 Å². The molecule has 0 bridgehead atoms. The number of furan rings is 3. The van der Waals surface area contributed by atoms with Gasteiger partial charge in [-0.25, -0.2) is 15.0 Å². The second-order valence-corrected chi connectivity index (χ2v) is 31.1. The number of benzene rings is 6. The Morgan fingerprint density at radius 2 is 0.659 bits per heavy atom. The SMILES string of the molecule is [2H]C([2H])([2H])c1cc(-c2[c-]ccc3c2oc2nc(C)ccc23)ncc1CC(C)(C)C.[2H]C([2H])([2H])c1ccc2c(n1)oc1c(-c3cc(C4([2H])CCCC4)c(C([2H])([2H])[2H])cn3)[c-]ccc12.[2H]C([2H])([2H])c1cnc(-c2[c-]ccc3c2oc2nc(C)ccc23)cc1C1([2H])CCCC1.[2H]C([2H])([2H])c1cnc(-c2[c-]cccc2)cc1C.[2H]C([2H])([2H])c1cnc(-c2[c-]cccc2)cc1C.[2H]C([2H])([2H])c1cnc(-c2[c-]cccc2)cc1C.[Ir].[Ir].[Ir]. The van der Waals surface area contributed by atoms with Crippen molar-refractivity contribution in [1.82, 2.24) is 44.9 Å². The molecular formula is C108H101Ir3N9O3-6. The Hall–Kier alpha value is -11.0. The monoisotopic (exact) mass is 2170 g/mol. The van der Waals surface area contributed by atoms with Gasteiger partial charge in [0.2, 0.25) is 17.1 Å². The van der Waals surface area contributed by atoms with Crippen molar-refractivity contribution >= 4 is 66.2 Å². The van der Waals surface area contributed by atoms with Crippen LogP contribution in [0.15, 0.2) is 232 Å². The predicted octanol–water partition coefficient (Wildman–Crippen LogP) is 27.8. The Labute approximate surface area is 796 Å². The standard InChI is InChI=1S/2C23H21N2O.C23H23N2O.3C13H12N.3Ir/c2*1-14-13-24-21(12-20(14)16-6-3-4-7-16)19-9-5-8-17-18-11-10-15(2)25-23(18)26-22(17)19;1-14-11-20(24-13-16(14)12-23(3,4)5)19-8-6-7-17-18-10-9-15(2)25-22(18)26-21(17)19;3*1-10-8-13(14-9-11(10)2)12-6-4-3-5-7-12;;;/h2*5,8,10-13,16H,3-4,6-7H2,1-2H3;6-7,9-11,13H,12H2,1-5H3;3*3-6,8-9H,1-2H3;;;/q6*-1;;;/i1D3,2D3,16D;1D3,16D;1D3;3*2D3;;;. The number of nitrogens with zero attached hydrogens (tertiary/aromatic N) is 9. The smallest absolute Gasteiger partial charge is 0.216 e. The predicted molar refractivity (Wildman–Crippen MR) is 489 cm³/mol. The van der Waals surface area contributed by atoms with Crippen LogP contribution in [0.5, 0.6) is 0 Å². The third kappa shape index (κ3) is 21.6. The molecule has 12 aromatic heterocycles. The molecule has 2 aliphatic carbocycles. The fourth-order valence-corrected chi connectivity index (χ4v) is 14.6. The van der Waals surface area contributed by atoms with Gasteiger partial charge in [0.15, 0.2) is 0 Å². The van der Waals surface area contributed by atoms with Crippen LogP contribution < -0.4 is 0 Å². The van der Waals surface area contributed by atoms with Gasteiger partial charge in [-0.2, -0.15) is 0 Å². The fourth-order valence-electron chi connectivity index (χ4n) is 14.6. The number of fused-ring (bicyclic) bond motifs is 9. The van der Waals surface area contributed by atoms with Crippen molar-refractivity contribution in [3.05, 3.63) is 339 Å². The summed E-state index contributed by atoms with van der Waals surface area (Å²) in [5.74, 6) is -1.87. The molecule has 0 aliphatic heterocycles. The number of aromatic nitrogens is 9. The van der Waals surface area contributed by atoms with Crippen molar-refractivity contribution < 1.29 is 105 Å². The third-order valence-electron chi connectivity index (χ3n) is 20.9. The zero-order valence-electron chi connectivity index (χ0n) is 91.9. The van der Waals surface area contributed by atoms with Crippen LogP contribution in [0.2, 0.25) is 0 Å². The van der Waals surface area contributed by atoms with Crippen LogP contribution in [0.3, 0.4) is 0 Å². The number of aryl methyl sites for hydroxylation is 12. The first-order valence-electron chi connectivity index (χ1n) is 51.2. The molecule has 2 fully saturated rings. The van der Waals surface area contributed by atoms with E-state index in [0.717, 1.165) is 120 Å². The molecule has 0 N–H and O–H groups in total. The summed E-state index contributed by atoms with van der Waals surface area (Å²) in [5, 5.41) is 5.06. The number of rotatable bonds is 9. The van der Waals surface area contributed by atoms with Crippen LogP contribution in [-0.2, 0) is 66.7 Å². The van der Waals surface area contributed by atoms with Gasteiger partial charge in [-0.1, -0.05) is 138 Å². The van der Waals surface area contributed by atoms with Crippen LogP contribution in [0.4, 0.5) is 0 Å². The van der Waals surface area contributed by atoms with Gasteiger partial charge in [-0.05, 0) is 247 Å². The van der Waals surface area contributed by atoms with Gasteiger partial charge in [0.1, 0.15) is 0 Å².